The highest BCUT2D eigenvalue weighted by Crippen LogP contribution is 2.21. The van der Waals surface area contributed by atoms with Gasteiger partial charge in [0.1, 0.15) is 11.5 Å². The maximum absolute atomic E-state index is 6.10. The Morgan fingerprint density at radius 2 is 0.532 bits per heavy atom. The van der Waals surface area contributed by atoms with Crippen molar-refractivity contribution in [3.63, 3.8) is 0 Å². The second-order valence-corrected chi connectivity index (χ2v) is 20.0. The number of nitrogens with zero attached hydrogens (tertiary/aromatic N) is 3. The molecule has 1 heterocycles. The highest BCUT2D eigenvalue weighted by atomic mass is 16.5. The fraction of sp³-hybridized carbons (Fsp3) is 0.338. The Morgan fingerprint density at radius 1 is 0.304 bits per heavy atom. The van der Waals surface area contributed by atoms with E-state index >= 15 is 0 Å². The summed E-state index contributed by atoms with van der Waals surface area (Å²) < 4.78 is 11.9. The average Bonchev–Trinajstić information content (AvgIpc) is 3.48. The quantitative estimate of drug-likeness (QED) is 0.0329. The Bertz CT molecular complexity index is 2930. The van der Waals surface area contributed by atoms with Gasteiger partial charge in [-0.15, -0.1) is 0 Å². The molecule has 79 heavy (non-hydrogen) atoms. The molecule has 0 saturated heterocycles. The third-order valence-electron chi connectivity index (χ3n) is 13.4. The molecule has 404 valence electrons. The van der Waals surface area contributed by atoms with Gasteiger partial charge in [-0.2, -0.15) is 15.0 Å². The van der Waals surface area contributed by atoms with Gasteiger partial charge < -0.3 is 25.8 Å². The molecular formula is C71H78N6O2. The van der Waals surface area contributed by atoms with Crippen LogP contribution in [0.25, 0.3) is 0 Å². The van der Waals surface area contributed by atoms with E-state index in [0.717, 1.165) is 93.4 Å². The monoisotopic (exact) mass is 1050 g/mol. The summed E-state index contributed by atoms with van der Waals surface area (Å²) >= 11 is 0. The number of rotatable bonds is 28. The smallest absolute Gasteiger partial charge is 0.233 e. The van der Waals surface area contributed by atoms with E-state index in [9.17, 15) is 0 Å². The lowest BCUT2D eigenvalue weighted by molar-refractivity contribution is 0.304. The number of nitrogen functional groups attached to an aromatic ring is 1. The molecular weight excluding hydrogens is 969 g/mol. The first-order valence-corrected chi connectivity index (χ1v) is 29.0. The fourth-order valence-electron chi connectivity index (χ4n) is 8.72. The van der Waals surface area contributed by atoms with Crippen LogP contribution in [0.2, 0.25) is 0 Å². The molecule has 6 aromatic carbocycles. The van der Waals surface area contributed by atoms with Crippen LogP contribution in [0.5, 0.6) is 11.5 Å². The van der Waals surface area contributed by atoms with Crippen LogP contribution in [-0.4, -0.2) is 28.2 Å². The standard InChI is InChI=1S/C71H78N6O2/c1-3-5-7-9-11-13-15-17-19-21-55-78-67-51-43-63(44-52-67)37-33-59-27-23-57(24-28-59)31-35-61-39-47-65(48-40-61)73-70-75-69(72)76-71(77-70)74-66-49-41-62(42-50-66)36-32-58-25-29-60(30-26-58)34-38-64-45-53-68(54-46-64)79-56-22-20-18-16-14-12-10-8-6-4-2/h23-30,39-54H,3-22,55-56H2,1-2H3,(H4,72,73,74,75,76,77). The van der Waals surface area contributed by atoms with Gasteiger partial charge in [-0.3, -0.25) is 0 Å². The maximum Gasteiger partial charge on any atom is 0.233 e. The van der Waals surface area contributed by atoms with Crippen LogP contribution in [0.1, 0.15) is 187 Å². The van der Waals surface area contributed by atoms with Crippen molar-refractivity contribution in [3.05, 3.63) is 190 Å². The second-order valence-electron chi connectivity index (χ2n) is 20.0. The van der Waals surface area contributed by atoms with Crippen molar-refractivity contribution in [3.8, 4) is 58.9 Å². The van der Waals surface area contributed by atoms with Gasteiger partial charge in [-0.25, -0.2) is 0 Å². The minimum absolute atomic E-state index is 0.0851. The molecule has 0 aliphatic rings. The first-order valence-electron chi connectivity index (χ1n) is 29.0. The first kappa shape index (κ1) is 58.3. The summed E-state index contributed by atoms with van der Waals surface area (Å²) in [5.74, 6) is 28.6. The molecule has 8 heteroatoms. The van der Waals surface area contributed by atoms with Gasteiger partial charge in [0.15, 0.2) is 0 Å². The number of ether oxygens (including phenoxy) is 2. The van der Waals surface area contributed by atoms with E-state index in [4.69, 9.17) is 15.2 Å². The van der Waals surface area contributed by atoms with Gasteiger partial charge in [0.2, 0.25) is 17.8 Å². The van der Waals surface area contributed by atoms with E-state index in [-0.39, 0.29) is 5.95 Å². The molecule has 0 saturated carbocycles. The van der Waals surface area contributed by atoms with Gasteiger partial charge in [0.25, 0.3) is 0 Å². The minimum Gasteiger partial charge on any atom is -0.494 e. The summed E-state index contributed by atoms with van der Waals surface area (Å²) in [5, 5.41) is 6.45. The average molecular weight is 1050 g/mol. The molecule has 0 fully saturated rings. The molecule has 7 rings (SSSR count). The molecule has 0 aliphatic heterocycles. The van der Waals surface area contributed by atoms with E-state index in [1.54, 1.807) is 0 Å². The maximum atomic E-state index is 6.10. The first-order chi connectivity index (χ1) is 39.0. The van der Waals surface area contributed by atoms with Crippen LogP contribution in [0.15, 0.2) is 146 Å². The Kier molecular flexibility index (Phi) is 25.3. The van der Waals surface area contributed by atoms with Crippen molar-refractivity contribution in [2.75, 3.05) is 29.6 Å². The Morgan fingerprint density at radius 3 is 0.797 bits per heavy atom. The van der Waals surface area contributed by atoms with E-state index in [2.05, 4.69) is 86.8 Å². The topological polar surface area (TPSA) is 107 Å². The zero-order chi connectivity index (χ0) is 54.8. The van der Waals surface area contributed by atoms with Crippen LogP contribution in [0, 0.1) is 47.4 Å². The zero-order valence-electron chi connectivity index (χ0n) is 46.6. The number of nitrogens with one attached hydrogen (secondary N) is 2. The zero-order valence-corrected chi connectivity index (χ0v) is 46.6. The number of unbranched alkanes of at least 4 members (excludes halogenated alkanes) is 18. The molecule has 0 spiro atoms. The van der Waals surface area contributed by atoms with E-state index in [0.29, 0.717) is 11.9 Å². The number of nitrogens with two attached hydrogens (primary N) is 1. The lowest BCUT2D eigenvalue weighted by Crippen LogP contribution is -2.07. The molecule has 7 aromatic rings. The van der Waals surface area contributed by atoms with Crippen molar-refractivity contribution >= 4 is 29.2 Å². The van der Waals surface area contributed by atoms with Crippen molar-refractivity contribution in [1.82, 2.24) is 15.0 Å². The fourth-order valence-corrected chi connectivity index (χ4v) is 8.72. The summed E-state index contributed by atoms with van der Waals surface area (Å²) in [7, 11) is 0. The third kappa shape index (κ3) is 23.0. The van der Waals surface area contributed by atoms with Gasteiger partial charge in [-0.05, 0) is 158 Å². The predicted octanol–water partition coefficient (Wildman–Crippen LogP) is 17.1. The van der Waals surface area contributed by atoms with Crippen molar-refractivity contribution in [2.24, 2.45) is 0 Å². The normalized spacial score (nSPS) is 10.4. The largest absolute Gasteiger partial charge is 0.494 e. The van der Waals surface area contributed by atoms with Crippen LogP contribution in [0.4, 0.5) is 29.2 Å². The number of benzene rings is 6. The van der Waals surface area contributed by atoms with Crippen molar-refractivity contribution in [2.45, 2.75) is 142 Å². The molecule has 0 amide bonds. The Labute approximate surface area is 472 Å². The molecule has 1 aromatic heterocycles. The molecule has 8 nitrogen and oxygen atoms in total. The van der Waals surface area contributed by atoms with Crippen LogP contribution in [-0.2, 0) is 0 Å². The van der Waals surface area contributed by atoms with Crippen LogP contribution in [0.3, 0.4) is 0 Å². The van der Waals surface area contributed by atoms with E-state index < -0.39 is 0 Å². The highest BCUT2D eigenvalue weighted by molar-refractivity contribution is 5.61. The molecule has 0 bridgehead atoms. The van der Waals surface area contributed by atoms with Crippen LogP contribution < -0.4 is 25.8 Å². The molecule has 4 N–H and O–H groups in total. The Hall–Kier alpha value is -8.43. The van der Waals surface area contributed by atoms with Gasteiger partial charge in [0, 0.05) is 55.9 Å². The van der Waals surface area contributed by atoms with Gasteiger partial charge in [0.05, 0.1) is 13.2 Å². The second kappa shape index (κ2) is 34.4. The Balaban J connectivity index is 0.795. The predicted molar refractivity (Wildman–Crippen MR) is 328 cm³/mol. The molecule has 0 unspecified atom stereocenters. The van der Waals surface area contributed by atoms with Gasteiger partial charge >= 0.3 is 0 Å². The molecule has 0 radical (unpaired) electrons. The number of aromatic nitrogens is 3. The SMILES string of the molecule is CCCCCCCCCCCCOc1ccc(C#Cc2ccc(C#Cc3ccc(Nc4nc(N)nc(Nc5ccc(C#Cc6ccc(C#Cc7ccc(OCCCCCCCCCCCC)cc7)cc6)cc5)n4)cc3)cc2)cc1. The third-order valence-corrected chi connectivity index (χ3v) is 13.4. The van der Waals surface area contributed by atoms with Crippen LogP contribution >= 0.6 is 0 Å². The van der Waals surface area contributed by atoms with Gasteiger partial charge in [-0.1, -0.05) is 177 Å². The lowest BCUT2D eigenvalue weighted by atomic mass is 10.1. The number of hydrogen-bond donors (Lipinski definition) is 3. The van der Waals surface area contributed by atoms with E-state index in [1.807, 2.05) is 146 Å². The summed E-state index contributed by atoms with van der Waals surface area (Å²) in [6.07, 6.45) is 26.4. The minimum atomic E-state index is 0.0851. The number of hydrogen-bond acceptors (Lipinski definition) is 8. The molecule has 0 atom stereocenters. The van der Waals surface area contributed by atoms with Crippen molar-refractivity contribution in [1.29, 1.82) is 0 Å². The van der Waals surface area contributed by atoms with Crippen molar-refractivity contribution < 1.29 is 9.47 Å². The lowest BCUT2D eigenvalue weighted by Gasteiger charge is -2.09. The van der Waals surface area contributed by atoms with E-state index in [1.165, 1.54) is 116 Å². The summed E-state index contributed by atoms with van der Waals surface area (Å²) in [6, 6.07) is 47.5. The summed E-state index contributed by atoms with van der Waals surface area (Å²) in [5.41, 5.74) is 15.0. The summed E-state index contributed by atoms with van der Waals surface area (Å²) in [6.45, 7) is 6.06. The number of anilines is 5. The molecule has 0 aliphatic carbocycles. The summed E-state index contributed by atoms with van der Waals surface area (Å²) in [4.78, 5) is 13.1. The highest BCUT2D eigenvalue weighted by Gasteiger charge is 2.07.